The molecule has 0 heterocycles. The average Bonchev–Trinajstić information content (AvgIpc) is 2.91. The first kappa shape index (κ1) is 19.8. The first-order chi connectivity index (χ1) is 10.5. The summed E-state index contributed by atoms with van der Waals surface area (Å²) in [4.78, 5) is 12.0. The van der Waals surface area contributed by atoms with Crippen LogP contribution < -0.4 is 15.8 Å². The number of hydrogen-bond acceptors (Lipinski definition) is 3. The molecule has 1 aromatic rings. The molecule has 0 aromatic heterocycles. The fraction of sp³-hybridized carbons (Fsp3) is 0.611. The lowest BCUT2D eigenvalue weighted by Gasteiger charge is -2.19. The summed E-state index contributed by atoms with van der Waals surface area (Å²) in [5, 5.41) is 3.10. The van der Waals surface area contributed by atoms with Crippen LogP contribution in [0.3, 0.4) is 0 Å². The van der Waals surface area contributed by atoms with Crippen LogP contribution in [-0.2, 0) is 4.79 Å². The van der Waals surface area contributed by atoms with Gasteiger partial charge in [0.15, 0.2) is 0 Å². The molecule has 1 aliphatic carbocycles. The largest absolute Gasteiger partial charge is 0.493 e. The maximum Gasteiger partial charge on any atom is 0.223 e. The molecule has 1 aromatic carbocycles. The Bertz CT molecular complexity index is 534. The van der Waals surface area contributed by atoms with Gasteiger partial charge >= 0.3 is 0 Å². The van der Waals surface area contributed by atoms with Gasteiger partial charge < -0.3 is 15.8 Å². The van der Waals surface area contributed by atoms with Gasteiger partial charge in [0.2, 0.25) is 5.91 Å². The first-order valence-corrected chi connectivity index (χ1v) is 8.21. The Kier molecular flexibility index (Phi) is 7.86. The Morgan fingerprint density at radius 3 is 2.74 bits per heavy atom. The molecule has 0 bridgehead atoms. The average molecular weight is 341 g/mol. The summed E-state index contributed by atoms with van der Waals surface area (Å²) < 4.78 is 5.80. The van der Waals surface area contributed by atoms with Gasteiger partial charge in [-0.15, -0.1) is 12.4 Å². The zero-order chi connectivity index (χ0) is 16.1. The lowest BCUT2D eigenvalue weighted by Crippen LogP contribution is -2.40. The van der Waals surface area contributed by atoms with Gasteiger partial charge in [0.1, 0.15) is 5.75 Å². The highest BCUT2D eigenvalue weighted by atomic mass is 35.5. The van der Waals surface area contributed by atoms with Gasteiger partial charge in [-0.2, -0.15) is 0 Å². The van der Waals surface area contributed by atoms with Gasteiger partial charge in [-0.1, -0.05) is 12.5 Å². The van der Waals surface area contributed by atoms with Crippen LogP contribution in [0.4, 0.5) is 0 Å². The molecule has 1 aliphatic rings. The van der Waals surface area contributed by atoms with Crippen LogP contribution in [0.25, 0.3) is 0 Å². The summed E-state index contributed by atoms with van der Waals surface area (Å²) in [5.74, 6) is 1.38. The second-order valence-electron chi connectivity index (χ2n) is 6.40. The Morgan fingerprint density at radius 1 is 1.30 bits per heavy atom. The number of benzene rings is 1. The summed E-state index contributed by atoms with van der Waals surface area (Å²) in [6.45, 7) is 7.25. The molecule has 2 rings (SSSR count). The van der Waals surface area contributed by atoms with Crippen molar-refractivity contribution < 1.29 is 9.53 Å². The van der Waals surface area contributed by atoms with Crippen LogP contribution in [0.1, 0.15) is 42.4 Å². The number of halogens is 1. The highest BCUT2D eigenvalue weighted by Gasteiger charge is 2.27. The lowest BCUT2D eigenvalue weighted by atomic mass is 10.0. The van der Waals surface area contributed by atoms with Gasteiger partial charge in [-0.05, 0) is 68.8 Å². The molecule has 5 heteroatoms. The number of carbonyl (C=O) groups excluding carboxylic acids is 1. The number of rotatable bonds is 6. The summed E-state index contributed by atoms with van der Waals surface area (Å²) in [6, 6.07) is 4.42. The van der Waals surface area contributed by atoms with Crippen molar-refractivity contribution in [3.63, 3.8) is 0 Å². The van der Waals surface area contributed by atoms with Crippen LogP contribution in [0.15, 0.2) is 12.1 Å². The third kappa shape index (κ3) is 5.40. The van der Waals surface area contributed by atoms with E-state index in [1.165, 1.54) is 11.1 Å². The van der Waals surface area contributed by atoms with Crippen molar-refractivity contribution in [3.8, 4) is 5.75 Å². The van der Waals surface area contributed by atoms with E-state index < -0.39 is 0 Å². The second-order valence-corrected chi connectivity index (χ2v) is 6.40. The summed E-state index contributed by atoms with van der Waals surface area (Å²) in [5.41, 5.74) is 9.29. The Labute approximate surface area is 145 Å². The number of aryl methyl sites for hydroxylation is 2. The minimum Gasteiger partial charge on any atom is -0.493 e. The van der Waals surface area contributed by atoms with Gasteiger partial charge in [0, 0.05) is 6.04 Å². The number of hydrogen-bond donors (Lipinski definition) is 2. The Morgan fingerprint density at radius 2 is 2.04 bits per heavy atom. The van der Waals surface area contributed by atoms with Crippen molar-refractivity contribution in [3.05, 3.63) is 28.8 Å². The molecule has 0 radical (unpaired) electrons. The van der Waals surface area contributed by atoms with Crippen molar-refractivity contribution in [1.29, 1.82) is 0 Å². The molecule has 0 aliphatic heterocycles. The fourth-order valence-electron chi connectivity index (χ4n) is 3.19. The smallest absolute Gasteiger partial charge is 0.223 e. The quantitative estimate of drug-likeness (QED) is 0.836. The van der Waals surface area contributed by atoms with Crippen molar-refractivity contribution >= 4 is 18.3 Å². The van der Waals surface area contributed by atoms with Crippen LogP contribution >= 0.6 is 12.4 Å². The van der Waals surface area contributed by atoms with E-state index in [1.807, 2.05) is 6.07 Å². The van der Waals surface area contributed by atoms with E-state index in [2.05, 4.69) is 32.2 Å². The van der Waals surface area contributed by atoms with Gasteiger partial charge in [0.05, 0.1) is 13.0 Å². The first-order valence-electron chi connectivity index (χ1n) is 8.21. The summed E-state index contributed by atoms with van der Waals surface area (Å²) in [7, 11) is 0. The summed E-state index contributed by atoms with van der Waals surface area (Å²) in [6.07, 6.45) is 3.72. The minimum atomic E-state index is 0. The third-order valence-corrected chi connectivity index (χ3v) is 4.66. The second kappa shape index (κ2) is 9.14. The highest BCUT2D eigenvalue weighted by Crippen LogP contribution is 2.25. The van der Waals surface area contributed by atoms with Crippen molar-refractivity contribution in [2.24, 2.45) is 11.7 Å². The van der Waals surface area contributed by atoms with Crippen LogP contribution in [0.5, 0.6) is 5.75 Å². The Balaban J connectivity index is 0.00000264. The molecule has 0 spiro atoms. The predicted octanol–water partition coefficient (Wildman–Crippen LogP) is 3.05. The van der Waals surface area contributed by atoms with E-state index in [1.54, 1.807) is 0 Å². The van der Waals surface area contributed by atoms with Crippen LogP contribution in [-0.4, -0.2) is 25.1 Å². The molecule has 1 amide bonds. The molecule has 130 valence electrons. The highest BCUT2D eigenvalue weighted by molar-refractivity contribution is 5.85. The molecular weight excluding hydrogens is 312 g/mol. The number of nitrogens with two attached hydrogens (primary N) is 1. The van der Waals surface area contributed by atoms with E-state index in [0.29, 0.717) is 25.5 Å². The van der Waals surface area contributed by atoms with E-state index >= 15 is 0 Å². The molecule has 2 unspecified atom stereocenters. The van der Waals surface area contributed by atoms with Crippen LogP contribution in [0.2, 0.25) is 0 Å². The standard InChI is InChI=1S/C18H28N2O2.ClH/c1-12-9-13(2)14(3)17(10-12)22-8-7-18(21)20-16-6-4-5-15(16)11-19;/h9-10,15-16H,4-8,11,19H2,1-3H3,(H,20,21);1H. The monoisotopic (exact) mass is 340 g/mol. The van der Waals surface area contributed by atoms with Crippen molar-refractivity contribution in [2.75, 3.05) is 13.2 Å². The zero-order valence-corrected chi connectivity index (χ0v) is 15.2. The maximum atomic E-state index is 12.0. The van der Waals surface area contributed by atoms with E-state index in [0.717, 1.165) is 30.6 Å². The Hall–Kier alpha value is -1.26. The molecule has 4 nitrogen and oxygen atoms in total. The maximum absolute atomic E-state index is 12.0. The fourth-order valence-corrected chi connectivity index (χ4v) is 3.19. The topological polar surface area (TPSA) is 64.3 Å². The number of ether oxygens (including phenoxy) is 1. The van der Waals surface area contributed by atoms with E-state index in [-0.39, 0.29) is 24.4 Å². The molecule has 3 N–H and O–H groups in total. The number of amides is 1. The lowest BCUT2D eigenvalue weighted by molar-refractivity contribution is -0.122. The molecular formula is C18H29ClN2O2. The van der Waals surface area contributed by atoms with Gasteiger partial charge in [0.25, 0.3) is 0 Å². The van der Waals surface area contributed by atoms with Gasteiger partial charge in [-0.25, -0.2) is 0 Å². The molecule has 2 atom stereocenters. The van der Waals surface area contributed by atoms with E-state index in [4.69, 9.17) is 10.5 Å². The van der Waals surface area contributed by atoms with E-state index in [9.17, 15) is 4.79 Å². The minimum absolute atomic E-state index is 0. The predicted molar refractivity (Wildman–Crippen MR) is 96.3 cm³/mol. The normalized spacial score (nSPS) is 20.0. The summed E-state index contributed by atoms with van der Waals surface area (Å²) >= 11 is 0. The SMILES string of the molecule is Cc1cc(C)c(C)c(OCCC(=O)NC2CCCC2CN)c1.Cl. The molecule has 0 saturated heterocycles. The zero-order valence-electron chi connectivity index (χ0n) is 14.4. The number of carbonyl (C=O) groups is 1. The molecule has 1 saturated carbocycles. The number of nitrogens with one attached hydrogen (secondary N) is 1. The van der Waals surface area contributed by atoms with Crippen molar-refractivity contribution in [2.45, 2.75) is 52.5 Å². The van der Waals surface area contributed by atoms with Gasteiger partial charge in [-0.3, -0.25) is 4.79 Å². The molecule has 1 fully saturated rings. The molecule has 23 heavy (non-hydrogen) atoms. The third-order valence-electron chi connectivity index (χ3n) is 4.66. The van der Waals surface area contributed by atoms with Crippen molar-refractivity contribution in [1.82, 2.24) is 5.32 Å². The van der Waals surface area contributed by atoms with Crippen LogP contribution in [0, 0.1) is 26.7 Å².